The van der Waals surface area contributed by atoms with Gasteiger partial charge in [0.25, 0.3) is 0 Å². The zero-order valence-electron chi connectivity index (χ0n) is 13.6. The molecule has 0 saturated carbocycles. The lowest BCUT2D eigenvalue weighted by molar-refractivity contribution is -0.126. The van der Waals surface area contributed by atoms with Gasteiger partial charge in [-0.1, -0.05) is 24.6 Å². The van der Waals surface area contributed by atoms with Crippen LogP contribution in [0.5, 0.6) is 0 Å². The fraction of sp³-hybridized carbons (Fsp3) is 0.529. The minimum Gasteiger partial charge on any atom is -0.355 e. The summed E-state index contributed by atoms with van der Waals surface area (Å²) in [4.78, 5) is 28.2. The van der Waals surface area contributed by atoms with Gasteiger partial charge in [0.1, 0.15) is 0 Å². The molecule has 5 nitrogen and oxygen atoms in total. The second-order valence-corrected chi connectivity index (χ2v) is 5.93. The maximum Gasteiger partial charge on any atom is 0.227 e. The van der Waals surface area contributed by atoms with Gasteiger partial charge < -0.3 is 15.1 Å². The van der Waals surface area contributed by atoms with Crippen LogP contribution in [0.2, 0.25) is 0 Å². The number of rotatable bonds is 6. The Kier molecular flexibility index (Phi) is 5.55. The number of hydrogen-bond acceptors (Lipinski definition) is 3. The number of benzene rings is 1. The molecule has 120 valence electrons. The first-order valence-electron chi connectivity index (χ1n) is 7.84. The molecule has 1 N–H and O–H groups in total. The molecule has 0 aliphatic carbocycles. The van der Waals surface area contributed by atoms with Gasteiger partial charge in [0.15, 0.2) is 0 Å². The molecule has 1 aliphatic rings. The summed E-state index contributed by atoms with van der Waals surface area (Å²) in [5.74, 6) is -0.247. The molecule has 1 aromatic carbocycles. The summed E-state index contributed by atoms with van der Waals surface area (Å²) in [7, 11) is 2.02. The lowest BCUT2D eigenvalue weighted by atomic mass is 10.1. The van der Waals surface area contributed by atoms with E-state index in [0.717, 1.165) is 24.3 Å². The molecular formula is C17H25N3O2. The molecule has 2 amide bonds. The molecule has 1 aromatic rings. The molecular weight excluding hydrogens is 278 g/mol. The number of hydrogen-bond donors (Lipinski definition) is 1. The van der Waals surface area contributed by atoms with Gasteiger partial charge in [-0.15, -0.1) is 0 Å². The highest BCUT2D eigenvalue weighted by molar-refractivity contribution is 6.00. The van der Waals surface area contributed by atoms with Gasteiger partial charge in [0.2, 0.25) is 11.8 Å². The van der Waals surface area contributed by atoms with Crippen LogP contribution in [0.25, 0.3) is 0 Å². The Balaban J connectivity index is 1.88. The predicted molar refractivity (Wildman–Crippen MR) is 87.8 cm³/mol. The average molecular weight is 303 g/mol. The van der Waals surface area contributed by atoms with E-state index in [4.69, 9.17) is 0 Å². The Labute approximate surface area is 132 Å². The van der Waals surface area contributed by atoms with E-state index >= 15 is 0 Å². The Morgan fingerprint density at radius 3 is 2.68 bits per heavy atom. The summed E-state index contributed by atoms with van der Waals surface area (Å²) in [6, 6.07) is 7.83. The third-order valence-electron chi connectivity index (χ3n) is 4.17. The van der Waals surface area contributed by atoms with Crippen molar-refractivity contribution in [1.29, 1.82) is 0 Å². The second kappa shape index (κ2) is 7.40. The van der Waals surface area contributed by atoms with Crippen LogP contribution < -0.4 is 10.2 Å². The van der Waals surface area contributed by atoms with Crippen molar-refractivity contribution in [3.63, 3.8) is 0 Å². The van der Waals surface area contributed by atoms with Crippen LogP contribution in [0.4, 0.5) is 5.69 Å². The molecule has 5 heteroatoms. The highest BCUT2D eigenvalue weighted by Gasteiger charge is 2.34. The van der Waals surface area contributed by atoms with Gasteiger partial charge >= 0.3 is 0 Å². The van der Waals surface area contributed by atoms with Gasteiger partial charge in [0.05, 0.1) is 5.92 Å². The quantitative estimate of drug-likeness (QED) is 0.864. The van der Waals surface area contributed by atoms with Gasteiger partial charge in [-0.05, 0) is 32.6 Å². The smallest absolute Gasteiger partial charge is 0.227 e. The molecule has 0 unspecified atom stereocenters. The first kappa shape index (κ1) is 16.5. The fourth-order valence-electron chi connectivity index (χ4n) is 2.53. The van der Waals surface area contributed by atoms with Crippen LogP contribution in [0.3, 0.4) is 0 Å². The van der Waals surface area contributed by atoms with Gasteiger partial charge in [-0.25, -0.2) is 0 Å². The van der Waals surface area contributed by atoms with E-state index in [1.807, 2.05) is 38.2 Å². The molecule has 0 spiro atoms. The SMILES string of the molecule is CCN(C)CCNC(=O)[C@@H]1CC(=O)N(c2ccc(C)cc2)C1. The molecule has 22 heavy (non-hydrogen) atoms. The Bertz CT molecular complexity index is 527. The van der Waals surface area contributed by atoms with E-state index in [2.05, 4.69) is 17.1 Å². The monoisotopic (exact) mass is 303 g/mol. The van der Waals surface area contributed by atoms with Crippen molar-refractivity contribution in [2.45, 2.75) is 20.3 Å². The Morgan fingerprint density at radius 1 is 1.36 bits per heavy atom. The minimum absolute atomic E-state index is 0.0209. The number of nitrogens with zero attached hydrogens (tertiary/aromatic N) is 2. The average Bonchev–Trinajstić information content (AvgIpc) is 2.90. The molecule has 0 radical (unpaired) electrons. The maximum atomic E-state index is 12.2. The maximum absolute atomic E-state index is 12.2. The summed E-state index contributed by atoms with van der Waals surface area (Å²) in [5, 5.41) is 2.93. The minimum atomic E-state index is -0.249. The lowest BCUT2D eigenvalue weighted by Gasteiger charge is -2.17. The molecule has 0 aromatic heterocycles. The van der Waals surface area contributed by atoms with Crippen LogP contribution in [0.15, 0.2) is 24.3 Å². The first-order chi connectivity index (χ1) is 10.5. The molecule has 1 heterocycles. The van der Waals surface area contributed by atoms with E-state index in [-0.39, 0.29) is 17.7 Å². The number of anilines is 1. The third kappa shape index (κ3) is 4.07. The Morgan fingerprint density at radius 2 is 2.05 bits per heavy atom. The highest BCUT2D eigenvalue weighted by Crippen LogP contribution is 2.25. The van der Waals surface area contributed by atoms with Crippen LogP contribution in [-0.2, 0) is 9.59 Å². The number of carbonyl (C=O) groups excluding carboxylic acids is 2. The zero-order chi connectivity index (χ0) is 16.1. The summed E-state index contributed by atoms with van der Waals surface area (Å²) in [6.07, 6.45) is 0.295. The highest BCUT2D eigenvalue weighted by atomic mass is 16.2. The summed E-state index contributed by atoms with van der Waals surface area (Å²) >= 11 is 0. The summed E-state index contributed by atoms with van der Waals surface area (Å²) < 4.78 is 0. The number of carbonyl (C=O) groups is 2. The van der Waals surface area contributed by atoms with Crippen molar-refractivity contribution in [3.05, 3.63) is 29.8 Å². The van der Waals surface area contributed by atoms with Gasteiger partial charge in [-0.2, -0.15) is 0 Å². The van der Waals surface area contributed by atoms with Crippen LogP contribution in [0, 0.1) is 12.8 Å². The number of nitrogens with one attached hydrogen (secondary N) is 1. The van der Waals surface area contributed by atoms with E-state index < -0.39 is 0 Å². The molecule has 1 aliphatic heterocycles. The van der Waals surface area contributed by atoms with E-state index in [0.29, 0.717) is 19.5 Å². The van der Waals surface area contributed by atoms with Crippen LogP contribution >= 0.6 is 0 Å². The fourth-order valence-corrected chi connectivity index (χ4v) is 2.53. The van der Waals surface area contributed by atoms with E-state index in [9.17, 15) is 9.59 Å². The largest absolute Gasteiger partial charge is 0.355 e. The molecule has 1 fully saturated rings. The number of likely N-dealkylation sites (N-methyl/N-ethyl adjacent to an activating group) is 1. The Hall–Kier alpha value is -1.88. The van der Waals surface area contributed by atoms with Crippen molar-refractivity contribution in [2.75, 3.05) is 38.1 Å². The zero-order valence-corrected chi connectivity index (χ0v) is 13.6. The standard InChI is InChI=1S/C17H25N3O2/c1-4-19(3)10-9-18-17(22)14-11-16(21)20(12-14)15-7-5-13(2)6-8-15/h5-8,14H,4,9-12H2,1-3H3,(H,18,22)/t14-/m1/s1. The van der Waals surface area contributed by atoms with Gasteiger partial charge in [-0.3, -0.25) is 9.59 Å². The van der Waals surface area contributed by atoms with Crippen molar-refractivity contribution in [3.8, 4) is 0 Å². The van der Waals surface area contributed by atoms with Crippen LogP contribution in [-0.4, -0.2) is 49.9 Å². The molecule has 1 saturated heterocycles. The van der Waals surface area contributed by atoms with Crippen molar-refractivity contribution < 1.29 is 9.59 Å². The van der Waals surface area contributed by atoms with E-state index in [1.54, 1.807) is 4.90 Å². The van der Waals surface area contributed by atoms with Crippen molar-refractivity contribution in [2.24, 2.45) is 5.92 Å². The topological polar surface area (TPSA) is 52.7 Å². The normalized spacial score (nSPS) is 18.1. The van der Waals surface area contributed by atoms with Gasteiger partial charge in [0, 0.05) is 31.7 Å². The third-order valence-corrected chi connectivity index (χ3v) is 4.17. The predicted octanol–water partition coefficient (Wildman–Crippen LogP) is 1.42. The lowest BCUT2D eigenvalue weighted by Crippen LogP contribution is -2.37. The first-order valence-corrected chi connectivity index (χ1v) is 7.84. The molecule has 0 bridgehead atoms. The van der Waals surface area contributed by atoms with Crippen molar-refractivity contribution in [1.82, 2.24) is 10.2 Å². The second-order valence-electron chi connectivity index (χ2n) is 5.93. The summed E-state index contributed by atoms with van der Waals surface area (Å²) in [5.41, 5.74) is 2.03. The van der Waals surface area contributed by atoms with E-state index in [1.165, 1.54) is 0 Å². The number of aryl methyl sites for hydroxylation is 1. The molecule has 2 rings (SSSR count). The molecule has 1 atom stereocenters. The number of amides is 2. The summed E-state index contributed by atoms with van der Waals surface area (Å²) in [6.45, 7) is 6.97. The van der Waals surface area contributed by atoms with Crippen molar-refractivity contribution >= 4 is 17.5 Å². The van der Waals surface area contributed by atoms with Crippen LogP contribution in [0.1, 0.15) is 18.9 Å².